The summed E-state index contributed by atoms with van der Waals surface area (Å²) < 4.78 is 35.6. The lowest BCUT2D eigenvalue weighted by atomic mass is 10.0. The third kappa shape index (κ3) is 7.94. The van der Waals surface area contributed by atoms with Gasteiger partial charge in [0.2, 0.25) is 0 Å². The lowest BCUT2D eigenvalue weighted by Crippen LogP contribution is -2.35. The van der Waals surface area contributed by atoms with Gasteiger partial charge in [0, 0.05) is 17.4 Å². The average molecular weight is 450 g/mol. The summed E-state index contributed by atoms with van der Waals surface area (Å²) in [5.41, 5.74) is 1.04. The predicted molar refractivity (Wildman–Crippen MR) is 120 cm³/mol. The van der Waals surface area contributed by atoms with Gasteiger partial charge < -0.3 is 25.5 Å². The Hall–Kier alpha value is -3.06. The number of anilines is 2. The molecule has 0 bridgehead atoms. The summed E-state index contributed by atoms with van der Waals surface area (Å²) >= 11 is 0. The fourth-order valence-corrected chi connectivity index (χ4v) is 2.66. The number of carbonyl (C=O) groups is 1. The van der Waals surface area contributed by atoms with Crippen LogP contribution in [0.1, 0.15) is 31.9 Å². The minimum absolute atomic E-state index is 0.00659. The standard InChI is InChI=1S/C21H25F2N4O3P/c1-5-13-10-11-25-18(17(13)16(24)12-26-19(28)30-20(2,3)4)27-14-6-8-15(9-7-14)29-21(22,23)31/h5-11,24H,1,12,31H2,2-4H3,(H,25,27)(H,26,28). The number of aromatic nitrogens is 1. The van der Waals surface area contributed by atoms with Crippen molar-refractivity contribution in [1.82, 2.24) is 10.3 Å². The topological polar surface area (TPSA) is 96.3 Å². The van der Waals surface area contributed by atoms with Crippen molar-refractivity contribution in [1.29, 1.82) is 5.41 Å². The molecule has 0 fully saturated rings. The Kier molecular flexibility index (Phi) is 7.68. The van der Waals surface area contributed by atoms with Crippen LogP contribution in [0.4, 0.5) is 25.1 Å². The number of alkyl halides is 2. The summed E-state index contributed by atoms with van der Waals surface area (Å²) in [5, 5.41) is 14.0. The fraction of sp³-hybridized carbons (Fsp3) is 0.286. The SMILES string of the molecule is C=Cc1ccnc(Nc2ccc(OC(F)(F)P)cc2)c1C(=N)CNC(=O)OC(C)(C)C. The Morgan fingerprint density at radius 2 is 1.90 bits per heavy atom. The monoisotopic (exact) mass is 450 g/mol. The van der Waals surface area contributed by atoms with E-state index in [2.05, 4.69) is 26.9 Å². The number of ether oxygens (including phenoxy) is 2. The molecule has 0 saturated carbocycles. The average Bonchev–Trinajstić information content (AvgIpc) is 2.65. The number of pyridine rings is 1. The van der Waals surface area contributed by atoms with Crippen LogP contribution in [-0.2, 0) is 4.74 Å². The molecule has 0 radical (unpaired) electrons. The molecule has 0 aliphatic carbocycles. The molecule has 0 spiro atoms. The quantitative estimate of drug-likeness (QED) is 0.381. The van der Waals surface area contributed by atoms with E-state index in [0.29, 0.717) is 22.6 Å². The van der Waals surface area contributed by atoms with Gasteiger partial charge in [-0.05, 0) is 65.9 Å². The third-order valence-electron chi connectivity index (χ3n) is 3.68. The van der Waals surface area contributed by atoms with Crippen LogP contribution in [0.2, 0.25) is 0 Å². The Balaban J connectivity index is 2.19. The first-order valence-electron chi connectivity index (χ1n) is 9.27. The minimum Gasteiger partial charge on any atom is -0.444 e. The molecule has 31 heavy (non-hydrogen) atoms. The van der Waals surface area contributed by atoms with E-state index in [1.165, 1.54) is 21.4 Å². The summed E-state index contributed by atoms with van der Waals surface area (Å²) in [5.74, 6) is -3.02. The van der Waals surface area contributed by atoms with Crippen LogP contribution in [0.5, 0.6) is 5.75 Å². The first-order chi connectivity index (χ1) is 14.4. The summed E-state index contributed by atoms with van der Waals surface area (Å²) in [6, 6.07) is 7.54. The Bertz CT molecular complexity index is 955. The largest absolute Gasteiger partial charge is 0.444 e. The third-order valence-corrected chi connectivity index (χ3v) is 3.80. The summed E-state index contributed by atoms with van der Waals surface area (Å²) in [4.78, 5) is 16.2. The summed E-state index contributed by atoms with van der Waals surface area (Å²) in [6.07, 6.45) is 2.48. The number of halogens is 2. The maximum Gasteiger partial charge on any atom is 0.408 e. The van der Waals surface area contributed by atoms with E-state index < -0.39 is 17.5 Å². The second-order valence-electron chi connectivity index (χ2n) is 7.48. The van der Waals surface area contributed by atoms with E-state index >= 15 is 0 Å². The normalized spacial score (nSPS) is 11.4. The molecule has 0 saturated heterocycles. The highest BCUT2D eigenvalue weighted by Crippen LogP contribution is 2.29. The number of hydrogen-bond acceptors (Lipinski definition) is 6. The number of benzene rings is 1. The van der Waals surface area contributed by atoms with Crippen molar-refractivity contribution in [2.24, 2.45) is 0 Å². The predicted octanol–water partition coefficient (Wildman–Crippen LogP) is 5.16. The Morgan fingerprint density at radius 1 is 1.26 bits per heavy atom. The second-order valence-corrected chi connectivity index (χ2v) is 8.15. The maximum absolute atomic E-state index is 12.9. The van der Waals surface area contributed by atoms with Crippen LogP contribution in [0, 0.1) is 5.41 Å². The maximum atomic E-state index is 12.9. The first-order valence-corrected chi connectivity index (χ1v) is 9.84. The van der Waals surface area contributed by atoms with Crippen LogP contribution in [-0.4, -0.2) is 34.8 Å². The molecule has 166 valence electrons. The van der Waals surface area contributed by atoms with Crippen molar-refractivity contribution in [2.75, 3.05) is 11.9 Å². The number of nitrogens with one attached hydrogen (secondary N) is 3. The molecule has 1 unspecified atom stereocenters. The van der Waals surface area contributed by atoms with Crippen molar-refractivity contribution < 1.29 is 23.0 Å². The molecule has 10 heteroatoms. The van der Waals surface area contributed by atoms with Crippen molar-refractivity contribution in [3.05, 3.63) is 54.2 Å². The molecular formula is C21H25F2N4O3P. The molecule has 1 aromatic carbocycles. The van der Waals surface area contributed by atoms with E-state index in [-0.39, 0.29) is 18.0 Å². The van der Waals surface area contributed by atoms with Gasteiger partial charge in [-0.1, -0.05) is 12.7 Å². The van der Waals surface area contributed by atoms with Crippen LogP contribution in [0.25, 0.3) is 6.08 Å². The van der Waals surface area contributed by atoms with Crippen molar-refractivity contribution >= 4 is 38.6 Å². The van der Waals surface area contributed by atoms with Gasteiger partial charge in [0.05, 0.1) is 12.3 Å². The Morgan fingerprint density at radius 3 is 2.45 bits per heavy atom. The van der Waals surface area contributed by atoms with Gasteiger partial charge in [-0.15, -0.1) is 0 Å². The molecule has 1 heterocycles. The number of nitrogens with zero attached hydrogens (tertiary/aromatic N) is 1. The second kappa shape index (κ2) is 9.83. The number of alkyl carbamates (subject to hydrolysis) is 1. The molecule has 2 aromatic rings. The Labute approximate surface area is 182 Å². The van der Waals surface area contributed by atoms with E-state index in [4.69, 9.17) is 10.1 Å². The van der Waals surface area contributed by atoms with Gasteiger partial charge >= 0.3 is 11.9 Å². The molecule has 7 nitrogen and oxygen atoms in total. The zero-order valence-electron chi connectivity index (χ0n) is 17.5. The molecular weight excluding hydrogens is 425 g/mol. The van der Waals surface area contributed by atoms with Crippen LogP contribution < -0.4 is 15.4 Å². The number of carbonyl (C=O) groups excluding carboxylic acids is 1. The number of amides is 1. The van der Waals surface area contributed by atoms with E-state index in [0.717, 1.165) is 0 Å². The van der Waals surface area contributed by atoms with Gasteiger partial charge in [0.25, 0.3) is 0 Å². The van der Waals surface area contributed by atoms with E-state index in [1.807, 2.05) is 0 Å². The van der Waals surface area contributed by atoms with Crippen LogP contribution in [0.3, 0.4) is 0 Å². The number of rotatable bonds is 8. The zero-order valence-corrected chi connectivity index (χ0v) is 18.6. The first kappa shape index (κ1) is 24.2. The van der Waals surface area contributed by atoms with Gasteiger partial charge in [-0.25, -0.2) is 9.78 Å². The van der Waals surface area contributed by atoms with Crippen molar-refractivity contribution in [2.45, 2.75) is 32.2 Å². The van der Waals surface area contributed by atoms with Crippen LogP contribution in [0.15, 0.2) is 43.1 Å². The van der Waals surface area contributed by atoms with E-state index in [9.17, 15) is 13.6 Å². The van der Waals surface area contributed by atoms with E-state index in [1.54, 1.807) is 51.2 Å². The molecule has 2 rings (SSSR count). The fourth-order valence-electron chi connectivity index (χ4n) is 2.52. The van der Waals surface area contributed by atoms with Gasteiger partial charge in [0.15, 0.2) is 0 Å². The summed E-state index contributed by atoms with van der Waals surface area (Å²) in [6.45, 7) is 8.90. The highest BCUT2D eigenvalue weighted by Gasteiger charge is 2.23. The lowest BCUT2D eigenvalue weighted by Gasteiger charge is -2.20. The smallest absolute Gasteiger partial charge is 0.408 e. The van der Waals surface area contributed by atoms with Crippen molar-refractivity contribution in [3.8, 4) is 5.75 Å². The van der Waals surface area contributed by atoms with Crippen molar-refractivity contribution in [3.63, 3.8) is 0 Å². The van der Waals surface area contributed by atoms with Gasteiger partial charge in [-0.3, -0.25) is 0 Å². The van der Waals surface area contributed by atoms with Gasteiger partial charge in [0.1, 0.15) is 17.2 Å². The molecule has 3 N–H and O–H groups in total. The molecule has 0 aliphatic rings. The lowest BCUT2D eigenvalue weighted by molar-refractivity contribution is -0.0892. The molecule has 0 aliphatic heterocycles. The highest BCUT2D eigenvalue weighted by atomic mass is 31.0. The molecule has 1 aromatic heterocycles. The number of hydrogen-bond donors (Lipinski definition) is 3. The van der Waals surface area contributed by atoms with Gasteiger partial charge in [-0.2, -0.15) is 8.78 Å². The molecule has 1 amide bonds. The summed E-state index contributed by atoms with van der Waals surface area (Å²) in [7, 11) is 1.31. The van der Waals surface area contributed by atoms with Crippen LogP contribution >= 0.6 is 9.24 Å². The minimum atomic E-state index is -3.36. The molecule has 1 atom stereocenters. The highest BCUT2D eigenvalue weighted by molar-refractivity contribution is 7.17. The zero-order chi connectivity index (χ0) is 23.2.